The number of likely N-dealkylation sites (tertiary alicyclic amines) is 1. The molecule has 1 aliphatic heterocycles. The molecule has 1 unspecified atom stereocenters. The lowest BCUT2D eigenvalue weighted by Gasteiger charge is -2.32. The van der Waals surface area contributed by atoms with Gasteiger partial charge in [-0.15, -0.1) is 0 Å². The van der Waals surface area contributed by atoms with E-state index in [1.807, 2.05) is 47.5 Å². The van der Waals surface area contributed by atoms with Gasteiger partial charge >= 0.3 is 0 Å². The predicted molar refractivity (Wildman–Crippen MR) is 113 cm³/mol. The third-order valence-corrected chi connectivity index (χ3v) is 5.26. The summed E-state index contributed by atoms with van der Waals surface area (Å²) in [6.07, 6.45) is 5.60. The second-order valence-electron chi connectivity index (χ2n) is 7.48. The van der Waals surface area contributed by atoms with Crippen LogP contribution in [0.15, 0.2) is 67.0 Å². The molecule has 5 nitrogen and oxygen atoms in total. The summed E-state index contributed by atoms with van der Waals surface area (Å²) in [7, 11) is 0. The highest BCUT2D eigenvalue weighted by atomic mass is 16.5. The van der Waals surface area contributed by atoms with E-state index < -0.39 is 0 Å². The van der Waals surface area contributed by atoms with Gasteiger partial charge in [0.1, 0.15) is 5.75 Å². The average Bonchev–Trinajstić information content (AvgIpc) is 2.78. The summed E-state index contributed by atoms with van der Waals surface area (Å²) in [5, 5.41) is 0. The topological polar surface area (TPSA) is 55.3 Å². The molecule has 0 aliphatic carbocycles. The first-order chi connectivity index (χ1) is 14.2. The molecule has 148 valence electrons. The maximum atomic E-state index is 12.6. The number of aromatic nitrogens is 2. The minimum absolute atomic E-state index is 0.0151. The highest BCUT2D eigenvalue weighted by Crippen LogP contribution is 2.27. The summed E-state index contributed by atoms with van der Waals surface area (Å²) in [5.74, 6) is 0.925. The van der Waals surface area contributed by atoms with Crippen LogP contribution in [0.5, 0.6) is 5.75 Å². The molecule has 1 fully saturated rings. The van der Waals surface area contributed by atoms with Crippen molar-refractivity contribution in [1.29, 1.82) is 0 Å². The van der Waals surface area contributed by atoms with Gasteiger partial charge < -0.3 is 9.64 Å². The van der Waals surface area contributed by atoms with E-state index in [9.17, 15) is 4.79 Å². The second kappa shape index (κ2) is 8.86. The lowest BCUT2D eigenvalue weighted by molar-refractivity contribution is -0.134. The summed E-state index contributed by atoms with van der Waals surface area (Å²) in [4.78, 5) is 23.8. The number of carbonyl (C=O) groups is 1. The standard InChI is InChI=1S/C24H25N3O2/c1-18-7-5-8-19(13-18)22-14-25-15-23(26-22)20-9-6-12-27(16-20)24(28)17-29-21-10-3-2-4-11-21/h2-5,7-8,10-11,13-15,20H,6,9,12,16-17H2,1H3. The Balaban J connectivity index is 1.43. The third-order valence-electron chi connectivity index (χ3n) is 5.26. The lowest BCUT2D eigenvalue weighted by atomic mass is 9.94. The van der Waals surface area contributed by atoms with Crippen LogP contribution in [0.3, 0.4) is 0 Å². The van der Waals surface area contributed by atoms with E-state index in [4.69, 9.17) is 9.72 Å². The van der Waals surface area contributed by atoms with Crippen LogP contribution in [-0.4, -0.2) is 40.5 Å². The van der Waals surface area contributed by atoms with Crippen LogP contribution >= 0.6 is 0 Å². The molecule has 0 radical (unpaired) electrons. The lowest BCUT2D eigenvalue weighted by Crippen LogP contribution is -2.41. The van der Waals surface area contributed by atoms with Crippen LogP contribution in [0.2, 0.25) is 0 Å². The number of rotatable bonds is 5. The van der Waals surface area contributed by atoms with Crippen molar-refractivity contribution in [2.75, 3.05) is 19.7 Å². The fourth-order valence-corrected chi connectivity index (χ4v) is 3.72. The van der Waals surface area contributed by atoms with Crippen LogP contribution in [0, 0.1) is 6.92 Å². The third kappa shape index (κ3) is 4.80. The molecule has 0 saturated carbocycles. The van der Waals surface area contributed by atoms with Gasteiger partial charge in [-0.3, -0.25) is 9.78 Å². The molecule has 1 aromatic heterocycles. The van der Waals surface area contributed by atoms with E-state index in [1.54, 1.807) is 6.20 Å². The Morgan fingerprint density at radius 1 is 1.14 bits per heavy atom. The number of benzene rings is 2. The number of amides is 1. The molecule has 2 heterocycles. The van der Waals surface area contributed by atoms with Gasteiger partial charge in [0.05, 0.1) is 17.6 Å². The Bertz CT molecular complexity index is 975. The largest absolute Gasteiger partial charge is 0.484 e. The molecular weight excluding hydrogens is 362 g/mol. The Morgan fingerprint density at radius 2 is 2.00 bits per heavy atom. The first kappa shape index (κ1) is 19.1. The van der Waals surface area contributed by atoms with Gasteiger partial charge in [-0.2, -0.15) is 0 Å². The van der Waals surface area contributed by atoms with E-state index in [-0.39, 0.29) is 18.4 Å². The first-order valence-electron chi connectivity index (χ1n) is 10.0. The number of nitrogens with zero attached hydrogens (tertiary/aromatic N) is 3. The molecule has 0 spiro atoms. The zero-order valence-electron chi connectivity index (χ0n) is 16.6. The van der Waals surface area contributed by atoms with Gasteiger partial charge in [-0.05, 0) is 38.0 Å². The van der Waals surface area contributed by atoms with E-state index >= 15 is 0 Å². The summed E-state index contributed by atoms with van der Waals surface area (Å²) >= 11 is 0. The van der Waals surface area contributed by atoms with Crippen LogP contribution in [0.4, 0.5) is 0 Å². The molecule has 5 heteroatoms. The summed E-state index contributed by atoms with van der Waals surface area (Å²) < 4.78 is 5.63. The van der Waals surface area contributed by atoms with Crippen molar-refractivity contribution < 1.29 is 9.53 Å². The monoisotopic (exact) mass is 387 g/mol. The molecule has 1 aliphatic rings. The summed E-state index contributed by atoms with van der Waals surface area (Å²) in [5.41, 5.74) is 4.09. The highest BCUT2D eigenvalue weighted by Gasteiger charge is 2.26. The number of carbonyl (C=O) groups excluding carboxylic acids is 1. The van der Waals surface area contributed by atoms with Crippen molar-refractivity contribution in [3.63, 3.8) is 0 Å². The van der Waals surface area contributed by atoms with Gasteiger partial charge in [0.2, 0.25) is 0 Å². The van der Waals surface area contributed by atoms with Gasteiger partial charge in [0, 0.05) is 30.8 Å². The SMILES string of the molecule is Cc1cccc(-c2cncc(C3CCCN(C(=O)COc4ccccc4)C3)n2)c1. The maximum absolute atomic E-state index is 12.6. The Labute approximate surface area is 171 Å². The van der Waals surface area contributed by atoms with Crippen molar-refractivity contribution in [3.05, 3.63) is 78.2 Å². The number of para-hydroxylation sites is 1. The normalized spacial score (nSPS) is 16.4. The van der Waals surface area contributed by atoms with Gasteiger partial charge in [0.15, 0.2) is 6.61 Å². The second-order valence-corrected chi connectivity index (χ2v) is 7.48. The molecule has 3 aromatic rings. The average molecular weight is 387 g/mol. The van der Waals surface area contributed by atoms with E-state index in [0.29, 0.717) is 12.3 Å². The van der Waals surface area contributed by atoms with Gasteiger partial charge in [-0.25, -0.2) is 4.98 Å². The molecule has 0 N–H and O–H groups in total. The molecule has 1 atom stereocenters. The van der Waals surface area contributed by atoms with Crippen molar-refractivity contribution in [2.24, 2.45) is 0 Å². The fourth-order valence-electron chi connectivity index (χ4n) is 3.72. The van der Waals surface area contributed by atoms with E-state index in [0.717, 1.165) is 36.3 Å². The zero-order chi connectivity index (χ0) is 20.1. The number of aryl methyl sites for hydroxylation is 1. The predicted octanol–water partition coefficient (Wildman–Crippen LogP) is 4.24. The van der Waals surface area contributed by atoms with E-state index in [2.05, 4.69) is 30.1 Å². The van der Waals surface area contributed by atoms with Crippen LogP contribution < -0.4 is 4.74 Å². The van der Waals surface area contributed by atoms with Crippen molar-refractivity contribution in [3.8, 4) is 17.0 Å². The number of hydrogen-bond donors (Lipinski definition) is 0. The number of hydrogen-bond acceptors (Lipinski definition) is 4. The Kier molecular flexibility index (Phi) is 5.84. The van der Waals surface area contributed by atoms with Crippen LogP contribution in [0.1, 0.15) is 30.0 Å². The molecule has 1 saturated heterocycles. The fraction of sp³-hybridized carbons (Fsp3) is 0.292. The van der Waals surface area contributed by atoms with E-state index in [1.165, 1.54) is 5.56 Å². The Hall–Kier alpha value is -3.21. The maximum Gasteiger partial charge on any atom is 0.260 e. The molecule has 1 amide bonds. The highest BCUT2D eigenvalue weighted by molar-refractivity contribution is 5.78. The van der Waals surface area contributed by atoms with Crippen LogP contribution in [-0.2, 0) is 4.79 Å². The number of piperidine rings is 1. The Morgan fingerprint density at radius 3 is 2.83 bits per heavy atom. The smallest absolute Gasteiger partial charge is 0.260 e. The minimum Gasteiger partial charge on any atom is -0.484 e. The van der Waals surface area contributed by atoms with Crippen molar-refractivity contribution in [1.82, 2.24) is 14.9 Å². The first-order valence-corrected chi connectivity index (χ1v) is 10.0. The van der Waals surface area contributed by atoms with Crippen molar-refractivity contribution in [2.45, 2.75) is 25.7 Å². The zero-order valence-corrected chi connectivity index (χ0v) is 16.6. The molecule has 0 bridgehead atoms. The van der Waals surface area contributed by atoms with Crippen LogP contribution in [0.25, 0.3) is 11.3 Å². The minimum atomic E-state index is 0.0151. The summed E-state index contributed by atoms with van der Waals surface area (Å²) in [6.45, 7) is 3.55. The molecule has 2 aromatic carbocycles. The van der Waals surface area contributed by atoms with Gasteiger partial charge in [0.25, 0.3) is 5.91 Å². The number of ether oxygens (including phenoxy) is 1. The van der Waals surface area contributed by atoms with Gasteiger partial charge in [-0.1, -0.05) is 42.0 Å². The summed E-state index contributed by atoms with van der Waals surface area (Å²) in [6, 6.07) is 17.7. The molecular formula is C24H25N3O2. The molecule has 4 rings (SSSR count). The molecule has 29 heavy (non-hydrogen) atoms. The quantitative estimate of drug-likeness (QED) is 0.657. The van der Waals surface area contributed by atoms with Crippen molar-refractivity contribution >= 4 is 5.91 Å².